The number of aliphatic imine (C=N–C) groups is 1. The highest BCUT2D eigenvalue weighted by Gasteiger charge is 2.24. The molecule has 0 fully saturated rings. The molecular formula is C15H11F2NO2. The van der Waals surface area contributed by atoms with Gasteiger partial charge in [-0.25, -0.2) is 8.78 Å². The third-order valence-corrected chi connectivity index (χ3v) is 3.10. The van der Waals surface area contributed by atoms with E-state index in [-0.39, 0.29) is 12.4 Å². The first-order chi connectivity index (χ1) is 9.63. The van der Waals surface area contributed by atoms with E-state index in [1.54, 1.807) is 12.1 Å². The second-order valence-electron chi connectivity index (χ2n) is 4.47. The number of ether oxygens (including phenoxy) is 1. The summed E-state index contributed by atoms with van der Waals surface area (Å²) in [5, 5.41) is 9.56. The van der Waals surface area contributed by atoms with E-state index < -0.39 is 12.1 Å². The number of nitrogens with zero attached hydrogens (tertiary/aromatic N) is 1. The van der Waals surface area contributed by atoms with Crippen LogP contribution in [0.4, 0.5) is 14.5 Å². The van der Waals surface area contributed by atoms with Crippen molar-refractivity contribution in [2.24, 2.45) is 4.99 Å². The van der Waals surface area contributed by atoms with Gasteiger partial charge in [-0.15, -0.1) is 0 Å². The van der Waals surface area contributed by atoms with Crippen LogP contribution in [-0.2, 0) is 11.3 Å². The topological polar surface area (TPSA) is 41.8 Å². The van der Waals surface area contributed by atoms with Crippen molar-refractivity contribution in [3.63, 3.8) is 0 Å². The highest BCUT2D eigenvalue weighted by atomic mass is 19.1. The van der Waals surface area contributed by atoms with E-state index in [1.807, 2.05) is 0 Å². The SMILES string of the molecule is OC1OCc2c(N=Cc3ccc(F)cc3)cc(F)cc21. The molecular weight excluding hydrogens is 264 g/mol. The van der Waals surface area contributed by atoms with Gasteiger partial charge in [0.2, 0.25) is 0 Å². The Morgan fingerprint density at radius 3 is 2.65 bits per heavy atom. The van der Waals surface area contributed by atoms with E-state index in [1.165, 1.54) is 30.5 Å². The van der Waals surface area contributed by atoms with Gasteiger partial charge in [0, 0.05) is 17.3 Å². The minimum absolute atomic E-state index is 0.187. The van der Waals surface area contributed by atoms with Crippen LogP contribution in [0.1, 0.15) is 23.0 Å². The van der Waals surface area contributed by atoms with Crippen LogP contribution in [0.15, 0.2) is 41.4 Å². The zero-order valence-corrected chi connectivity index (χ0v) is 10.4. The predicted molar refractivity (Wildman–Crippen MR) is 69.8 cm³/mol. The molecule has 5 heteroatoms. The van der Waals surface area contributed by atoms with Crippen LogP contribution in [0.5, 0.6) is 0 Å². The van der Waals surface area contributed by atoms with Crippen LogP contribution in [0.2, 0.25) is 0 Å². The molecule has 0 bridgehead atoms. The average Bonchev–Trinajstić information content (AvgIpc) is 2.80. The van der Waals surface area contributed by atoms with Gasteiger partial charge in [-0.1, -0.05) is 12.1 Å². The molecule has 3 nitrogen and oxygen atoms in total. The number of aliphatic hydroxyl groups is 1. The Hall–Kier alpha value is -2.11. The van der Waals surface area contributed by atoms with E-state index in [0.717, 1.165) is 0 Å². The van der Waals surface area contributed by atoms with Gasteiger partial charge >= 0.3 is 0 Å². The minimum Gasteiger partial charge on any atom is -0.364 e. The van der Waals surface area contributed by atoms with Crippen LogP contribution in [0.3, 0.4) is 0 Å². The summed E-state index contributed by atoms with van der Waals surface area (Å²) in [5.74, 6) is -0.815. The number of rotatable bonds is 2. The highest BCUT2D eigenvalue weighted by Crippen LogP contribution is 2.35. The normalized spacial score (nSPS) is 17.6. The zero-order valence-electron chi connectivity index (χ0n) is 10.4. The van der Waals surface area contributed by atoms with Crippen molar-refractivity contribution >= 4 is 11.9 Å². The molecule has 20 heavy (non-hydrogen) atoms. The number of fused-ring (bicyclic) bond motifs is 1. The summed E-state index contributed by atoms with van der Waals surface area (Å²) in [4.78, 5) is 4.19. The first kappa shape index (κ1) is 12.9. The summed E-state index contributed by atoms with van der Waals surface area (Å²) in [6.07, 6.45) is 0.402. The molecule has 1 aliphatic rings. The van der Waals surface area contributed by atoms with E-state index in [2.05, 4.69) is 4.99 Å². The average molecular weight is 275 g/mol. The van der Waals surface area contributed by atoms with Gasteiger partial charge in [0.25, 0.3) is 0 Å². The number of halogens is 2. The molecule has 2 aromatic rings. The smallest absolute Gasteiger partial charge is 0.182 e. The van der Waals surface area contributed by atoms with Crippen molar-refractivity contribution in [2.75, 3.05) is 0 Å². The molecule has 1 atom stereocenters. The molecule has 1 N–H and O–H groups in total. The summed E-state index contributed by atoms with van der Waals surface area (Å²) < 4.78 is 31.3. The van der Waals surface area contributed by atoms with E-state index in [9.17, 15) is 13.9 Å². The lowest BCUT2D eigenvalue weighted by Gasteiger charge is -2.04. The predicted octanol–water partition coefficient (Wildman–Crippen LogP) is 3.24. The summed E-state index contributed by atoms with van der Waals surface area (Å²) in [5.41, 5.74) is 2.17. The molecule has 1 unspecified atom stereocenters. The Labute approximate surface area is 114 Å². The van der Waals surface area contributed by atoms with Crippen molar-refractivity contribution in [3.05, 3.63) is 64.7 Å². The monoisotopic (exact) mass is 275 g/mol. The first-order valence-electron chi connectivity index (χ1n) is 6.05. The Morgan fingerprint density at radius 2 is 1.90 bits per heavy atom. The molecule has 1 heterocycles. The van der Waals surface area contributed by atoms with Gasteiger partial charge in [-0.2, -0.15) is 0 Å². The largest absolute Gasteiger partial charge is 0.364 e. The molecule has 102 valence electrons. The maximum atomic E-state index is 13.5. The molecule has 0 amide bonds. The van der Waals surface area contributed by atoms with Crippen LogP contribution in [-0.4, -0.2) is 11.3 Å². The fourth-order valence-corrected chi connectivity index (χ4v) is 2.08. The van der Waals surface area contributed by atoms with Crippen LogP contribution in [0, 0.1) is 11.6 Å². The van der Waals surface area contributed by atoms with Crippen molar-refractivity contribution in [1.29, 1.82) is 0 Å². The third kappa shape index (κ3) is 2.45. The number of hydrogen-bond donors (Lipinski definition) is 1. The summed E-state index contributed by atoms with van der Waals surface area (Å²) in [7, 11) is 0. The van der Waals surface area contributed by atoms with Gasteiger partial charge in [-0.05, 0) is 29.8 Å². The molecule has 2 aromatic carbocycles. The minimum atomic E-state index is -1.11. The number of hydrogen-bond acceptors (Lipinski definition) is 3. The Morgan fingerprint density at radius 1 is 1.15 bits per heavy atom. The molecule has 1 aliphatic heterocycles. The fourth-order valence-electron chi connectivity index (χ4n) is 2.08. The molecule has 0 saturated carbocycles. The van der Waals surface area contributed by atoms with E-state index in [0.29, 0.717) is 22.4 Å². The standard InChI is InChI=1S/C15H11F2NO2/c16-10-3-1-9(2-4-10)7-18-14-6-11(17)5-12-13(14)8-20-15(12)19/h1-7,15,19H,8H2. The fraction of sp³-hybridized carbons (Fsp3) is 0.133. The molecule has 0 aromatic heterocycles. The van der Waals surface area contributed by atoms with Crippen molar-refractivity contribution in [3.8, 4) is 0 Å². The first-order valence-corrected chi connectivity index (χ1v) is 6.05. The summed E-state index contributed by atoms with van der Waals surface area (Å²) in [6.45, 7) is 0.187. The van der Waals surface area contributed by atoms with Crippen molar-refractivity contribution in [2.45, 2.75) is 12.9 Å². The van der Waals surface area contributed by atoms with Gasteiger partial charge < -0.3 is 9.84 Å². The number of aliphatic hydroxyl groups excluding tert-OH is 1. The van der Waals surface area contributed by atoms with Gasteiger partial charge in [0.15, 0.2) is 6.29 Å². The Bertz CT molecular complexity index is 668. The summed E-state index contributed by atoms with van der Waals surface area (Å²) >= 11 is 0. The maximum absolute atomic E-state index is 13.5. The molecule has 0 radical (unpaired) electrons. The van der Waals surface area contributed by atoms with E-state index >= 15 is 0 Å². The second kappa shape index (κ2) is 5.11. The van der Waals surface area contributed by atoms with E-state index in [4.69, 9.17) is 4.74 Å². The third-order valence-electron chi connectivity index (χ3n) is 3.10. The van der Waals surface area contributed by atoms with Crippen LogP contribution >= 0.6 is 0 Å². The quantitative estimate of drug-likeness (QED) is 0.855. The Kier molecular flexibility index (Phi) is 3.30. The highest BCUT2D eigenvalue weighted by molar-refractivity contribution is 5.82. The Balaban J connectivity index is 1.95. The van der Waals surface area contributed by atoms with Crippen molar-refractivity contribution in [1.82, 2.24) is 0 Å². The number of benzene rings is 2. The molecule has 0 saturated heterocycles. The van der Waals surface area contributed by atoms with Gasteiger partial charge in [-0.3, -0.25) is 4.99 Å². The zero-order chi connectivity index (χ0) is 14.1. The van der Waals surface area contributed by atoms with Crippen LogP contribution < -0.4 is 0 Å². The molecule has 3 rings (SSSR count). The lowest BCUT2D eigenvalue weighted by molar-refractivity contribution is -0.0919. The summed E-state index contributed by atoms with van der Waals surface area (Å²) in [6, 6.07) is 8.31. The van der Waals surface area contributed by atoms with Gasteiger partial charge in [0.05, 0.1) is 12.3 Å². The lowest BCUT2D eigenvalue weighted by atomic mass is 10.1. The van der Waals surface area contributed by atoms with Crippen LogP contribution in [0.25, 0.3) is 0 Å². The molecule has 0 aliphatic carbocycles. The lowest BCUT2D eigenvalue weighted by Crippen LogP contribution is -1.93. The second-order valence-corrected chi connectivity index (χ2v) is 4.47. The maximum Gasteiger partial charge on any atom is 0.182 e. The van der Waals surface area contributed by atoms with Crippen molar-refractivity contribution < 1.29 is 18.6 Å². The molecule has 0 spiro atoms. The van der Waals surface area contributed by atoms with Gasteiger partial charge in [0.1, 0.15) is 11.6 Å².